The number of benzene rings is 2. The van der Waals surface area contributed by atoms with E-state index in [1.807, 2.05) is 47.3 Å². The summed E-state index contributed by atoms with van der Waals surface area (Å²) < 4.78 is 13.3. The summed E-state index contributed by atoms with van der Waals surface area (Å²) in [6.07, 6.45) is 7.02. The molecular formula is C25H18N2O3. The SMILES string of the molecule is N#Cc1ccc(OCc2ccc(/C=C/C(=O)c3cccc(-n4cccc4)c3)o2)cc1. The Morgan fingerprint density at radius 3 is 2.60 bits per heavy atom. The first-order chi connectivity index (χ1) is 14.7. The van der Waals surface area contributed by atoms with Crippen LogP contribution >= 0.6 is 0 Å². The highest BCUT2D eigenvalue weighted by Gasteiger charge is 2.06. The Morgan fingerprint density at radius 1 is 1.03 bits per heavy atom. The number of ether oxygens (including phenoxy) is 1. The monoisotopic (exact) mass is 394 g/mol. The summed E-state index contributed by atoms with van der Waals surface area (Å²) in [6.45, 7) is 0.257. The zero-order chi connectivity index (χ0) is 20.8. The molecule has 4 aromatic rings. The van der Waals surface area contributed by atoms with Gasteiger partial charge in [-0.3, -0.25) is 4.79 Å². The molecule has 0 atom stereocenters. The van der Waals surface area contributed by atoms with Crippen LogP contribution in [0.2, 0.25) is 0 Å². The molecule has 0 aliphatic carbocycles. The summed E-state index contributed by atoms with van der Waals surface area (Å²) in [5.74, 6) is 1.76. The van der Waals surface area contributed by atoms with Crippen LogP contribution in [0, 0.1) is 11.3 Å². The van der Waals surface area contributed by atoms with Gasteiger partial charge in [-0.1, -0.05) is 12.1 Å². The van der Waals surface area contributed by atoms with Crippen molar-refractivity contribution < 1.29 is 13.9 Å². The highest BCUT2D eigenvalue weighted by atomic mass is 16.5. The molecule has 0 saturated heterocycles. The number of ketones is 1. The van der Waals surface area contributed by atoms with E-state index in [1.165, 1.54) is 6.08 Å². The van der Waals surface area contributed by atoms with E-state index in [9.17, 15) is 4.79 Å². The molecule has 0 aliphatic rings. The Labute approximate surface area is 174 Å². The molecule has 2 heterocycles. The Bertz CT molecular complexity index is 1210. The van der Waals surface area contributed by atoms with Gasteiger partial charge in [0.25, 0.3) is 0 Å². The molecule has 2 aromatic carbocycles. The molecule has 4 rings (SSSR count). The molecule has 0 spiro atoms. The minimum absolute atomic E-state index is 0.101. The molecule has 0 unspecified atom stereocenters. The van der Waals surface area contributed by atoms with Crippen LogP contribution < -0.4 is 4.74 Å². The normalized spacial score (nSPS) is 10.8. The molecule has 146 valence electrons. The lowest BCUT2D eigenvalue weighted by Crippen LogP contribution is -1.97. The van der Waals surface area contributed by atoms with Crippen LogP contribution in [0.4, 0.5) is 0 Å². The second-order valence-electron chi connectivity index (χ2n) is 6.57. The zero-order valence-corrected chi connectivity index (χ0v) is 16.1. The molecule has 0 aliphatic heterocycles. The number of allylic oxidation sites excluding steroid dienone is 1. The zero-order valence-electron chi connectivity index (χ0n) is 16.1. The molecular weight excluding hydrogens is 376 g/mol. The molecule has 0 N–H and O–H groups in total. The fraction of sp³-hybridized carbons (Fsp3) is 0.0400. The third kappa shape index (κ3) is 4.57. The predicted octanol–water partition coefficient (Wildman–Crippen LogP) is 5.42. The number of furan rings is 1. The summed E-state index contributed by atoms with van der Waals surface area (Å²) in [5, 5.41) is 8.82. The largest absolute Gasteiger partial charge is 0.486 e. The van der Waals surface area contributed by atoms with Crippen LogP contribution in [-0.2, 0) is 6.61 Å². The van der Waals surface area contributed by atoms with E-state index in [1.54, 1.807) is 48.5 Å². The lowest BCUT2D eigenvalue weighted by molar-refractivity contribution is 0.104. The predicted molar refractivity (Wildman–Crippen MR) is 113 cm³/mol. The van der Waals surface area contributed by atoms with Crippen molar-refractivity contribution in [3.05, 3.63) is 114 Å². The first kappa shape index (κ1) is 19.0. The first-order valence-electron chi connectivity index (χ1n) is 9.39. The van der Waals surface area contributed by atoms with Gasteiger partial charge in [0.15, 0.2) is 5.78 Å². The maximum atomic E-state index is 12.5. The van der Waals surface area contributed by atoms with Gasteiger partial charge in [0.1, 0.15) is 23.9 Å². The van der Waals surface area contributed by atoms with Crippen molar-refractivity contribution in [2.45, 2.75) is 6.61 Å². The van der Waals surface area contributed by atoms with Gasteiger partial charge in [-0.2, -0.15) is 5.26 Å². The van der Waals surface area contributed by atoms with E-state index >= 15 is 0 Å². The van der Waals surface area contributed by atoms with Crippen molar-refractivity contribution >= 4 is 11.9 Å². The van der Waals surface area contributed by atoms with E-state index in [4.69, 9.17) is 14.4 Å². The van der Waals surface area contributed by atoms with Crippen molar-refractivity contribution in [3.8, 4) is 17.5 Å². The smallest absolute Gasteiger partial charge is 0.186 e. The lowest BCUT2D eigenvalue weighted by Gasteiger charge is -2.04. The second-order valence-corrected chi connectivity index (χ2v) is 6.57. The van der Waals surface area contributed by atoms with E-state index in [0.717, 1.165) is 5.69 Å². The van der Waals surface area contributed by atoms with Crippen molar-refractivity contribution in [2.24, 2.45) is 0 Å². The van der Waals surface area contributed by atoms with Gasteiger partial charge in [0.05, 0.1) is 11.6 Å². The highest BCUT2D eigenvalue weighted by Crippen LogP contribution is 2.17. The number of hydrogen-bond donors (Lipinski definition) is 0. The number of nitriles is 1. The highest BCUT2D eigenvalue weighted by molar-refractivity contribution is 6.06. The topological polar surface area (TPSA) is 68.2 Å². The van der Waals surface area contributed by atoms with Crippen molar-refractivity contribution in [1.29, 1.82) is 5.26 Å². The number of nitrogens with zero attached hydrogens (tertiary/aromatic N) is 2. The van der Waals surface area contributed by atoms with Crippen LogP contribution in [0.3, 0.4) is 0 Å². The third-order valence-corrected chi connectivity index (χ3v) is 4.48. The van der Waals surface area contributed by atoms with Gasteiger partial charge >= 0.3 is 0 Å². The van der Waals surface area contributed by atoms with E-state index in [2.05, 4.69) is 6.07 Å². The van der Waals surface area contributed by atoms with Gasteiger partial charge in [0, 0.05) is 23.6 Å². The fourth-order valence-corrected chi connectivity index (χ4v) is 2.92. The summed E-state index contributed by atoms with van der Waals surface area (Å²) in [5.41, 5.74) is 2.12. The van der Waals surface area contributed by atoms with Crippen molar-refractivity contribution in [3.63, 3.8) is 0 Å². The van der Waals surface area contributed by atoms with Crippen LogP contribution in [0.1, 0.15) is 27.4 Å². The van der Waals surface area contributed by atoms with Crippen LogP contribution in [0.15, 0.2) is 95.7 Å². The standard InChI is InChI=1S/C25H18N2O3/c26-17-19-6-8-22(9-7-19)29-18-24-11-10-23(30-24)12-13-25(28)20-4-3-5-21(16-20)27-14-1-2-15-27/h1-16H,18H2/b13-12+. The first-order valence-corrected chi connectivity index (χ1v) is 9.39. The maximum absolute atomic E-state index is 12.5. The lowest BCUT2D eigenvalue weighted by atomic mass is 10.1. The Kier molecular flexibility index (Phi) is 5.59. The number of aromatic nitrogens is 1. The van der Waals surface area contributed by atoms with Crippen LogP contribution in [0.5, 0.6) is 5.75 Å². The fourth-order valence-electron chi connectivity index (χ4n) is 2.92. The molecule has 0 fully saturated rings. The molecule has 0 amide bonds. The maximum Gasteiger partial charge on any atom is 0.186 e. The summed E-state index contributed by atoms with van der Waals surface area (Å²) in [7, 11) is 0. The minimum atomic E-state index is -0.101. The van der Waals surface area contributed by atoms with E-state index in [-0.39, 0.29) is 12.4 Å². The van der Waals surface area contributed by atoms with E-state index < -0.39 is 0 Å². The number of hydrogen-bond acceptors (Lipinski definition) is 4. The second kappa shape index (κ2) is 8.80. The Balaban J connectivity index is 1.37. The quantitative estimate of drug-likeness (QED) is 0.310. The van der Waals surface area contributed by atoms with Gasteiger partial charge in [0.2, 0.25) is 0 Å². The van der Waals surface area contributed by atoms with Gasteiger partial charge in [-0.05, 0) is 72.8 Å². The Hall–Kier alpha value is -4.30. The third-order valence-electron chi connectivity index (χ3n) is 4.48. The summed E-state index contributed by atoms with van der Waals surface area (Å²) in [6, 6.07) is 23.9. The van der Waals surface area contributed by atoms with Crippen LogP contribution in [0.25, 0.3) is 11.8 Å². The van der Waals surface area contributed by atoms with Crippen molar-refractivity contribution in [1.82, 2.24) is 4.57 Å². The average Bonchev–Trinajstić information content (AvgIpc) is 3.49. The van der Waals surface area contributed by atoms with Gasteiger partial charge in [-0.25, -0.2) is 0 Å². The van der Waals surface area contributed by atoms with Gasteiger partial charge in [-0.15, -0.1) is 0 Å². The molecule has 5 nitrogen and oxygen atoms in total. The number of rotatable bonds is 7. The summed E-state index contributed by atoms with van der Waals surface area (Å²) >= 11 is 0. The van der Waals surface area contributed by atoms with Gasteiger partial charge < -0.3 is 13.7 Å². The molecule has 30 heavy (non-hydrogen) atoms. The van der Waals surface area contributed by atoms with Crippen LogP contribution in [-0.4, -0.2) is 10.4 Å². The average molecular weight is 394 g/mol. The Morgan fingerprint density at radius 2 is 1.83 bits per heavy atom. The van der Waals surface area contributed by atoms with Crippen molar-refractivity contribution in [2.75, 3.05) is 0 Å². The number of carbonyl (C=O) groups excluding carboxylic acids is 1. The van der Waals surface area contributed by atoms with E-state index in [0.29, 0.717) is 28.4 Å². The minimum Gasteiger partial charge on any atom is -0.486 e. The molecule has 2 aromatic heterocycles. The number of carbonyl (C=O) groups is 1. The molecule has 0 saturated carbocycles. The summed E-state index contributed by atoms with van der Waals surface area (Å²) in [4.78, 5) is 12.5. The molecule has 5 heteroatoms. The molecule has 0 radical (unpaired) electrons. The molecule has 0 bridgehead atoms.